The summed E-state index contributed by atoms with van der Waals surface area (Å²) in [5, 5.41) is 3.90. The lowest BCUT2D eigenvalue weighted by molar-refractivity contribution is 0.668. The van der Waals surface area contributed by atoms with Crippen LogP contribution in [0, 0.1) is 0 Å². The molecule has 0 atom stereocenters. The zero-order chi connectivity index (χ0) is 49.2. The molecule has 0 amide bonds. The van der Waals surface area contributed by atoms with Gasteiger partial charge >= 0.3 is 0 Å². The highest BCUT2D eigenvalue weighted by Crippen LogP contribution is 2.64. The van der Waals surface area contributed by atoms with Crippen LogP contribution in [0.5, 0.6) is 0 Å². The van der Waals surface area contributed by atoms with Gasteiger partial charge in [-0.05, 0) is 108 Å². The molecule has 16 rings (SSSR count). The van der Waals surface area contributed by atoms with Crippen molar-refractivity contribution in [1.82, 2.24) is 15.0 Å². The molecule has 348 valence electrons. The minimum Gasteiger partial charge on any atom is -0.456 e. The van der Waals surface area contributed by atoms with Crippen LogP contribution in [0.25, 0.3) is 134 Å². The quantitative estimate of drug-likeness (QED) is 0.166. The van der Waals surface area contributed by atoms with Gasteiger partial charge in [-0.3, -0.25) is 0 Å². The van der Waals surface area contributed by atoms with E-state index in [1.807, 2.05) is 54.6 Å². The van der Waals surface area contributed by atoms with Crippen molar-refractivity contribution >= 4 is 43.9 Å². The average Bonchev–Trinajstić information content (AvgIpc) is 4.25. The predicted molar refractivity (Wildman–Crippen MR) is 303 cm³/mol. The van der Waals surface area contributed by atoms with Gasteiger partial charge in [0.25, 0.3) is 0 Å². The van der Waals surface area contributed by atoms with E-state index in [4.69, 9.17) is 23.8 Å². The zero-order valence-corrected chi connectivity index (χ0v) is 40.3. The Kier molecular flexibility index (Phi) is 8.89. The Bertz CT molecular complexity index is 4620. The van der Waals surface area contributed by atoms with E-state index in [0.717, 1.165) is 82.8 Å². The summed E-state index contributed by atoms with van der Waals surface area (Å²) in [5.41, 5.74) is 22.7. The number of aromatic nitrogens is 3. The van der Waals surface area contributed by atoms with Gasteiger partial charge in [-0.25, -0.2) is 15.0 Å². The summed E-state index contributed by atoms with van der Waals surface area (Å²) in [6.45, 7) is 0. The lowest BCUT2D eigenvalue weighted by Gasteiger charge is -2.30. The number of hydrogen-bond donors (Lipinski definition) is 0. The van der Waals surface area contributed by atoms with Crippen molar-refractivity contribution in [2.45, 2.75) is 5.41 Å². The van der Waals surface area contributed by atoms with E-state index in [1.54, 1.807) is 0 Å². The van der Waals surface area contributed by atoms with E-state index in [9.17, 15) is 0 Å². The molecular formula is C70H41N3O2. The van der Waals surface area contributed by atoms with Gasteiger partial charge in [0, 0.05) is 38.2 Å². The van der Waals surface area contributed by atoms with E-state index < -0.39 is 5.41 Å². The fourth-order valence-corrected chi connectivity index (χ4v) is 12.7. The van der Waals surface area contributed by atoms with Gasteiger partial charge in [-0.2, -0.15) is 0 Å². The fourth-order valence-electron chi connectivity index (χ4n) is 12.7. The number of hydrogen-bond acceptors (Lipinski definition) is 5. The van der Waals surface area contributed by atoms with Crippen LogP contribution in [-0.2, 0) is 5.41 Å². The van der Waals surface area contributed by atoms with Crippen LogP contribution in [-0.4, -0.2) is 15.0 Å². The summed E-state index contributed by atoms with van der Waals surface area (Å²) in [6.07, 6.45) is 0. The standard InChI is InChI=1S/C70H41N3O2/c1-2-17-43(18-3-1)46-19-4-5-22-50(46)67-71-68(53-26-15-33-62-65(53)52-24-9-13-32-60(52)74-62)73-69(72-67)54-27-16-34-63-66(54)55-41-45(39-40-61(55)75-63)42-35-37-44(38-36-42)47-25-14-31-59-64(47)51-23-8-12-30-58(51)70(59)56-28-10-6-20-48(56)49-21-7-11-29-57(49)70/h1-41H. The summed E-state index contributed by atoms with van der Waals surface area (Å²) in [6, 6.07) is 88.6. The number of furan rings is 2. The molecule has 0 bridgehead atoms. The molecule has 0 N–H and O–H groups in total. The Balaban J connectivity index is 0.839. The van der Waals surface area contributed by atoms with Gasteiger partial charge in [0.15, 0.2) is 17.5 Å². The first-order chi connectivity index (χ1) is 37.2. The van der Waals surface area contributed by atoms with Crippen LogP contribution in [0.1, 0.15) is 22.3 Å². The normalized spacial score (nSPS) is 12.9. The first-order valence-corrected chi connectivity index (χ1v) is 25.5. The van der Waals surface area contributed by atoms with Crippen LogP contribution in [0.2, 0.25) is 0 Å². The highest BCUT2D eigenvalue weighted by molar-refractivity contribution is 6.14. The highest BCUT2D eigenvalue weighted by atomic mass is 16.3. The SMILES string of the molecule is c1ccc(-c2ccccc2-c2nc(-c3cccc4oc5ccccc5c34)nc(-c3cccc4oc5ccc(-c6ccc(-c7cccc8c7-c7ccccc7C87c8ccccc8-c8ccccc87)cc6)cc5c34)n2)cc1. The van der Waals surface area contributed by atoms with Crippen LogP contribution in [0.3, 0.4) is 0 Å². The maximum Gasteiger partial charge on any atom is 0.164 e. The molecule has 0 fully saturated rings. The maximum atomic E-state index is 6.66. The van der Waals surface area contributed by atoms with Crippen LogP contribution in [0.15, 0.2) is 258 Å². The first-order valence-electron chi connectivity index (χ1n) is 25.5. The molecular weight excluding hydrogens is 915 g/mol. The second kappa shape index (κ2) is 16.0. The zero-order valence-electron chi connectivity index (χ0n) is 40.3. The van der Waals surface area contributed by atoms with E-state index in [2.05, 4.69) is 194 Å². The van der Waals surface area contributed by atoms with Gasteiger partial charge in [-0.15, -0.1) is 0 Å². The molecule has 0 radical (unpaired) electrons. The monoisotopic (exact) mass is 955 g/mol. The second-order valence-electron chi connectivity index (χ2n) is 19.7. The number of nitrogens with zero attached hydrogens (tertiary/aromatic N) is 3. The highest BCUT2D eigenvalue weighted by Gasteiger charge is 2.52. The van der Waals surface area contributed by atoms with Crippen molar-refractivity contribution in [3.05, 3.63) is 271 Å². The summed E-state index contributed by atoms with van der Waals surface area (Å²) >= 11 is 0. The molecule has 14 aromatic rings. The molecule has 5 nitrogen and oxygen atoms in total. The van der Waals surface area contributed by atoms with Gasteiger partial charge < -0.3 is 8.83 Å². The molecule has 3 aromatic heterocycles. The molecule has 1 spiro atoms. The minimum atomic E-state index is -0.392. The molecule has 2 aliphatic rings. The lowest BCUT2D eigenvalue weighted by atomic mass is 9.70. The Hall–Kier alpha value is -9.97. The summed E-state index contributed by atoms with van der Waals surface area (Å²) in [4.78, 5) is 16.1. The average molecular weight is 956 g/mol. The third-order valence-electron chi connectivity index (χ3n) is 15.8. The van der Waals surface area contributed by atoms with Gasteiger partial charge in [0.2, 0.25) is 0 Å². The van der Waals surface area contributed by atoms with Crippen molar-refractivity contribution < 1.29 is 8.83 Å². The third-order valence-corrected chi connectivity index (χ3v) is 15.8. The smallest absolute Gasteiger partial charge is 0.164 e. The van der Waals surface area contributed by atoms with Gasteiger partial charge in [0.05, 0.1) is 5.41 Å². The molecule has 75 heavy (non-hydrogen) atoms. The van der Waals surface area contributed by atoms with E-state index in [0.29, 0.717) is 17.5 Å². The molecule has 0 saturated heterocycles. The molecule has 11 aromatic carbocycles. The Morgan fingerprint density at radius 3 is 1.36 bits per heavy atom. The number of rotatable bonds is 6. The van der Waals surface area contributed by atoms with Crippen molar-refractivity contribution in [3.8, 4) is 89.8 Å². The maximum absolute atomic E-state index is 6.66. The molecule has 0 aliphatic heterocycles. The summed E-state index contributed by atoms with van der Waals surface area (Å²) in [7, 11) is 0. The van der Waals surface area contributed by atoms with Crippen molar-refractivity contribution in [2.24, 2.45) is 0 Å². The van der Waals surface area contributed by atoms with E-state index in [-0.39, 0.29) is 0 Å². The predicted octanol–water partition coefficient (Wildman–Crippen LogP) is 18.0. The summed E-state index contributed by atoms with van der Waals surface area (Å²) in [5.74, 6) is 1.68. The van der Waals surface area contributed by atoms with Gasteiger partial charge in [-0.1, -0.05) is 218 Å². The largest absolute Gasteiger partial charge is 0.456 e. The Morgan fingerprint density at radius 2 is 0.680 bits per heavy atom. The molecule has 5 heteroatoms. The first kappa shape index (κ1) is 41.6. The molecule has 2 aliphatic carbocycles. The number of para-hydroxylation sites is 1. The molecule has 0 unspecified atom stereocenters. The minimum absolute atomic E-state index is 0.392. The Labute approximate surface area is 431 Å². The third kappa shape index (κ3) is 6.04. The van der Waals surface area contributed by atoms with Crippen molar-refractivity contribution in [2.75, 3.05) is 0 Å². The van der Waals surface area contributed by atoms with Crippen LogP contribution < -0.4 is 0 Å². The summed E-state index contributed by atoms with van der Waals surface area (Å²) < 4.78 is 13.0. The number of benzene rings is 11. The topological polar surface area (TPSA) is 65.0 Å². The van der Waals surface area contributed by atoms with E-state index in [1.165, 1.54) is 55.6 Å². The van der Waals surface area contributed by atoms with Gasteiger partial charge in [0.1, 0.15) is 22.3 Å². The number of fused-ring (bicyclic) bond motifs is 16. The van der Waals surface area contributed by atoms with Crippen LogP contribution in [0.4, 0.5) is 0 Å². The molecule has 0 saturated carbocycles. The van der Waals surface area contributed by atoms with Crippen molar-refractivity contribution in [1.29, 1.82) is 0 Å². The van der Waals surface area contributed by atoms with E-state index >= 15 is 0 Å². The second-order valence-corrected chi connectivity index (χ2v) is 19.7. The van der Waals surface area contributed by atoms with Crippen LogP contribution >= 0.6 is 0 Å². The van der Waals surface area contributed by atoms with Crippen molar-refractivity contribution in [3.63, 3.8) is 0 Å². The Morgan fingerprint density at radius 1 is 0.253 bits per heavy atom. The fraction of sp³-hybridized carbons (Fsp3) is 0.0143. The molecule has 3 heterocycles. The lowest BCUT2D eigenvalue weighted by Crippen LogP contribution is -2.25.